The van der Waals surface area contributed by atoms with E-state index in [2.05, 4.69) is 18.7 Å². The van der Waals surface area contributed by atoms with Gasteiger partial charge >= 0.3 is 0 Å². The Morgan fingerprint density at radius 2 is 1.95 bits per heavy atom. The van der Waals surface area contributed by atoms with Crippen LogP contribution in [0.4, 0.5) is 0 Å². The summed E-state index contributed by atoms with van der Waals surface area (Å²) in [6, 6.07) is 8.44. The van der Waals surface area contributed by atoms with Gasteiger partial charge in [0.1, 0.15) is 12.4 Å². The highest BCUT2D eigenvalue weighted by atomic mass is 16.5. The highest BCUT2D eigenvalue weighted by Crippen LogP contribution is 2.12. The fourth-order valence-electron chi connectivity index (χ4n) is 1.88. The molecule has 0 heterocycles. The number of rotatable bonds is 9. The Bertz CT molecular complexity index is 356. The Morgan fingerprint density at radius 1 is 1.21 bits per heavy atom. The smallest absolute Gasteiger partial charge is 0.119 e. The molecule has 1 aromatic rings. The lowest BCUT2D eigenvalue weighted by Gasteiger charge is -2.26. The number of nitrogens with two attached hydrogens (primary N) is 1. The molecule has 0 aliphatic rings. The van der Waals surface area contributed by atoms with Crippen molar-refractivity contribution in [2.24, 2.45) is 5.73 Å². The van der Waals surface area contributed by atoms with E-state index >= 15 is 0 Å². The van der Waals surface area contributed by atoms with E-state index in [1.54, 1.807) is 7.11 Å². The van der Waals surface area contributed by atoms with Gasteiger partial charge in [-0.1, -0.05) is 12.1 Å². The number of methoxy groups -OCH3 is 1. The number of ether oxygens (including phenoxy) is 2. The molecule has 0 unspecified atom stereocenters. The molecule has 0 fully saturated rings. The summed E-state index contributed by atoms with van der Waals surface area (Å²) in [5.41, 5.74) is 6.71. The van der Waals surface area contributed by atoms with Crippen molar-refractivity contribution in [3.63, 3.8) is 0 Å². The molecule has 0 amide bonds. The molecule has 0 aromatic heterocycles. The van der Waals surface area contributed by atoms with Gasteiger partial charge in [-0.2, -0.15) is 0 Å². The normalized spacial score (nSPS) is 11.3. The summed E-state index contributed by atoms with van der Waals surface area (Å²) in [4.78, 5) is 2.34. The molecule has 0 atom stereocenters. The lowest BCUT2D eigenvalue weighted by molar-refractivity contribution is 0.116. The predicted octanol–water partition coefficient (Wildman–Crippen LogP) is 1.88. The molecule has 4 heteroatoms. The Kier molecular flexibility index (Phi) is 7.48. The van der Waals surface area contributed by atoms with Crippen LogP contribution < -0.4 is 10.5 Å². The fraction of sp³-hybridized carbons (Fsp3) is 0.600. The van der Waals surface area contributed by atoms with E-state index in [4.69, 9.17) is 15.2 Å². The topological polar surface area (TPSA) is 47.7 Å². The van der Waals surface area contributed by atoms with Crippen molar-refractivity contribution in [2.75, 3.05) is 33.4 Å². The minimum absolute atomic E-state index is 0.495. The van der Waals surface area contributed by atoms with Gasteiger partial charge < -0.3 is 15.2 Å². The molecule has 0 spiro atoms. The zero-order valence-electron chi connectivity index (χ0n) is 12.3. The maximum absolute atomic E-state index is 5.77. The molecule has 108 valence electrons. The first-order chi connectivity index (χ1) is 9.17. The average molecular weight is 266 g/mol. The van der Waals surface area contributed by atoms with Crippen LogP contribution in [0.1, 0.15) is 19.4 Å². The van der Waals surface area contributed by atoms with Crippen molar-refractivity contribution in [2.45, 2.75) is 26.4 Å². The van der Waals surface area contributed by atoms with E-state index in [0.29, 0.717) is 19.2 Å². The van der Waals surface area contributed by atoms with Crippen LogP contribution in [0.3, 0.4) is 0 Å². The molecule has 0 saturated heterocycles. The van der Waals surface area contributed by atoms with Gasteiger partial charge in [-0.3, -0.25) is 4.90 Å². The van der Waals surface area contributed by atoms with Crippen molar-refractivity contribution in [3.05, 3.63) is 29.8 Å². The Balaban J connectivity index is 2.38. The molecular formula is C15H26N2O2. The second-order valence-electron chi connectivity index (χ2n) is 4.82. The molecular weight excluding hydrogens is 240 g/mol. The number of nitrogens with zero attached hydrogens (tertiary/aromatic N) is 1. The summed E-state index contributed by atoms with van der Waals surface area (Å²) in [5.74, 6) is 0.887. The molecule has 0 aliphatic carbocycles. The predicted molar refractivity (Wildman–Crippen MR) is 78.4 cm³/mol. The minimum atomic E-state index is 0.495. The van der Waals surface area contributed by atoms with Crippen LogP contribution in [-0.2, 0) is 11.3 Å². The number of benzene rings is 1. The van der Waals surface area contributed by atoms with Gasteiger partial charge in [-0.15, -0.1) is 0 Å². The van der Waals surface area contributed by atoms with E-state index in [-0.39, 0.29) is 0 Å². The summed E-state index contributed by atoms with van der Waals surface area (Å²) in [6.45, 7) is 8.17. The number of hydrogen-bond acceptors (Lipinski definition) is 4. The lowest BCUT2D eigenvalue weighted by atomic mass is 10.2. The molecule has 1 aromatic carbocycles. The molecule has 2 N–H and O–H groups in total. The lowest BCUT2D eigenvalue weighted by Crippen LogP contribution is -2.37. The second-order valence-corrected chi connectivity index (χ2v) is 4.82. The zero-order valence-corrected chi connectivity index (χ0v) is 12.3. The van der Waals surface area contributed by atoms with Gasteiger partial charge in [0, 0.05) is 32.8 Å². The van der Waals surface area contributed by atoms with Gasteiger partial charge in [0.05, 0.1) is 6.61 Å². The third-order valence-electron chi connectivity index (χ3n) is 3.09. The van der Waals surface area contributed by atoms with Crippen molar-refractivity contribution in [3.8, 4) is 5.75 Å². The van der Waals surface area contributed by atoms with E-state index in [9.17, 15) is 0 Å². The highest BCUT2D eigenvalue weighted by Gasteiger charge is 2.08. The van der Waals surface area contributed by atoms with Crippen LogP contribution in [0.15, 0.2) is 24.3 Å². The highest BCUT2D eigenvalue weighted by molar-refractivity contribution is 5.28. The Morgan fingerprint density at radius 3 is 2.58 bits per heavy atom. The molecule has 0 saturated carbocycles. The number of hydrogen-bond donors (Lipinski definition) is 1. The van der Waals surface area contributed by atoms with Crippen molar-refractivity contribution in [1.29, 1.82) is 0 Å². The summed E-state index contributed by atoms with van der Waals surface area (Å²) in [7, 11) is 1.73. The van der Waals surface area contributed by atoms with Crippen LogP contribution in [0, 0.1) is 0 Å². The maximum atomic E-state index is 5.77. The summed E-state index contributed by atoms with van der Waals surface area (Å²) in [6.07, 6.45) is 0. The zero-order chi connectivity index (χ0) is 14.1. The summed E-state index contributed by atoms with van der Waals surface area (Å²) in [5, 5.41) is 0. The molecule has 0 bridgehead atoms. The molecule has 1 rings (SSSR count). The standard InChI is InChI=1S/C15H26N2O2/c1-13(2)17(7-9-18-3)8-10-19-15-6-4-5-14(11-15)12-16/h4-6,11,13H,7-10,12,16H2,1-3H3. The van der Waals surface area contributed by atoms with Crippen molar-refractivity contribution >= 4 is 0 Å². The summed E-state index contributed by atoms with van der Waals surface area (Å²) >= 11 is 0. The van der Waals surface area contributed by atoms with E-state index in [1.807, 2.05) is 24.3 Å². The quantitative estimate of drug-likeness (QED) is 0.741. The molecule has 19 heavy (non-hydrogen) atoms. The van der Waals surface area contributed by atoms with Crippen LogP contribution >= 0.6 is 0 Å². The van der Waals surface area contributed by atoms with E-state index in [0.717, 1.165) is 31.0 Å². The Hall–Kier alpha value is -1.10. The largest absolute Gasteiger partial charge is 0.492 e. The maximum Gasteiger partial charge on any atom is 0.119 e. The first-order valence-corrected chi connectivity index (χ1v) is 6.82. The minimum Gasteiger partial charge on any atom is -0.492 e. The molecule has 0 aliphatic heterocycles. The first kappa shape index (κ1) is 16.0. The SMILES string of the molecule is COCCN(CCOc1cccc(CN)c1)C(C)C. The van der Waals surface area contributed by atoms with Gasteiger partial charge in [0.25, 0.3) is 0 Å². The third-order valence-corrected chi connectivity index (χ3v) is 3.09. The van der Waals surface area contributed by atoms with Crippen LogP contribution in [0.2, 0.25) is 0 Å². The van der Waals surface area contributed by atoms with Crippen LogP contribution in [-0.4, -0.2) is 44.4 Å². The van der Waals surface area contributed by atoms with Gasteiger partial charge in [0.15, 0.2) is 0 Å². The monoisotopic (exact) mass is 266 g/mol. The van der Waals surface area contributed by atoms with Gasteiger partial charge in [-0.25, -0.2) is 0 Å². The van der Waals surface area contributed by atoms with Crippen LogP contribution in [0.5, 0.6) is 5.75 Å². The second kappa shape index (κ2) is 8.91. The van der Waals surface area contributed by atoms with Crippen molar-refractivity contribution in [1.82, 2.24) is 4.90 Å². The first-order valence-electron chi connectivity index (χ1n) is 6.82. The molecule has 4 nitrogen and oxygen atoms in total. The third kappa shape index (κ3) is 6.05. The van der Waals surface area contributed by atoms with Gasteiger partial charge in [-0.05, 0) is 31.5 Å². The van der Waals surface area contributed by atoms with Crippen LogP contribution in [0.25, 0.3) is 0 Å². The fourth-order valence-corrected chi connectivity index (χ4v) is 1.88. The summed E-state index contributed by atoms with van der Waals surface area (Å²) < 4.78 is 10.9. The van der Waals surface area contributed by atoms with E-state index in [1.165, 1.54) is 0 Å². The molecule has 0 radical (unpaired) electrons. The Labute approximate surface area is 116 Å². The van der Waals surface area contributed by atoms with E-state index < -0.39 is 0 Å². The average Bonchev–Trinajstić information content (AvgIpc) is 2.42. The van der Waals surface area contributed by atoms with Gasteiger partial charge in [0.2, 0.25) is 0 Å². The van der Waals surface area contributed by atoms with Crippen molar-refractivity contribution < 1.29 is 9.47 Å².